The van der Waals surface area contributed by atoms with Crippen LogP contribution in [0, 0.1) is 5.92 Å². The van der Waals surface area contributed by atoms with Crippen molar-refractivity contribution in [1.82, 2.24) is 9.97 Å². The molecule has 13 heavy (non-hydrogen) atoms. The Labute approximate surface area is 77.2 Å². The first kappa shape index (κ1) is 8.35. The van der Waals surface area contributed by atoms with E-state index in [0.717, 1.165) is 12.8 Å². The highest BCUT2D eigenvalue weighted by Crippen LogP contribution is 2.27. The van der Waals surface area contributed by atoms with Crippen LogP contribution in [0.1, 0.15) is 36.2 Å². The Bertz CT molecular complexity index is 291. The van der Waals surface area contributed by atoms with Crippen LogP contribution >= 0.6 is 0 Å². The highest BCUT2D eigenvalue weighted by molar-refractivity contribution is 5.95. The zero-order valence-corrected chi connectivity index (χ0v) is 7.44. The summed E-state index contributed by atoms with van der Waals surface area (Å²) < 4.78 is 0. The topological polar surface area (TPSA) is 42.9 Å². The number of carbonyl (C=O) groups excluding carboxylic acids is 1. The lowest BCUT2D eigenvalue weighted by Gasteiger charge is -2.05. The molecule has 1 aliphatic rings. The van der Waals surface area contributed by atoms with E-state index in [1.807, 2.05) is 0 Å². The van der Waals surface area contributed by atoms with Gasteiger partial charge in [0.25, 0.3) is 0 Å². The molecule has 1 heterocycles. The van der Waals surface area contributed by atoms with Crippen molar-refractivity contribution in [1.29, 1.82) is 0 Å². The third-order valence-electron chi connectivity index (χ3n) is 2.54. The van der Waals surface area contributed by atoms with Crippen molar-refractivity contribution in [2.45, 2.75) is 25.7 Å². The molecule has 0 aliphatic heterocycles. The highest BCUT2D eigenvalue weighted by atomic mass is 16.1. The van der Waals surface area contributed by atoms with Crippen molar-refractivity contribution in [2.24, 2.45) is 5.92 Å². The lowest BCUT2D eigenvalue weighted by Crippen LogP contribution is -2.12. The van der Waals surface area contributed by atoms with E-state index in [2.05, 4.69) is 9.97 Å². The van der Waals surface area contributed by atoms with E-state index in [4.69, 9.17) is 0 Å². The molecule has 68 valence electrons. The number of carbonyl (C=O) groups is 1. The normalized spacial score (nSPS) is 17.5. The summed E-state index contributed by atoms with van der Waals surface area (Å²) in [5.41, 5.74) is 0.523. The summed E-state index contributed by atoms with van der Waals surface area (Å²) in [4.78, 5) is 19.6. The average molecular weight is 176 g/mol. The van der Waals surface area contributed by atoms with E-state index >= 15 is 0 Å². The fourth-order valence-electron chi connectivity index (χ4n) is 1.82. The summed E-state index contributed by atoms with van der Waals surface area (Å²) in [7, 11) is 0. The summed E-state index contributed by atoms with van der Waals surface area (Å²) in [6.07, 6.45) is 9.12. The van der Waals surface area contributed by atoms with Gasteiger partial charge in [-0.1, -0.05) is 12.8 Å². The van der Waals surface area contributed by atoms with Crippen molar-refractivity contribution in [2.75, 3.05) is 0 Å². The van der Waals surface area contributed by atoms with Crippen LogP contribution in [-0.2, 0) is 0 Å². The zero-order valence-electron chi connectivity index (χ0n) is 7.44. The quantitative estimate of drug-likeness (QED) is 0.646. The molecule has 3 nitrogen and oxygen atoms in total. The van der Waals surface area contributed by atoms with E-state index in [1.165, 1.54) is 12.8 Å². The number of Topliss-reactive ketones (excluding diaryl/α,β-unsaturated/α-hetero) is 1. The molecule has 0 atom stereocenters. The first-order valence-electron chi connectivity index (χ1n) is 4.68. The van der Waals surface area contributed by atoms with Crippen LogP contribution in [0.25, 0.3) is 0 Å². The van der Waals surface area contributed by atoms with E-state index in [-0.39, 0.29) is 11.7 Å². The minimum absolute atomic E-state index is 0.172. The number of nitrogens with zero attached hydrogens (tertiary/aromatic N) is 2. The molecule has 0 aromatic carbocycles. The zero-order chi connectivity index (χ0) is 9.10. The Hall–Kier alpha value is -1.25. The van der Waals surface area contributed by atoms with Crippen molar-refractivity contribution >= 4 is 5.78 Å². The third kappa shape index (κ3) is 1.74. The molecule has 0 amide bonds. The summed E-state index contributed by atoms with van der Waals surface area (Å²) in [5.74, 6) is 0.377. The Morgan fingerprint density at radius 1 is 1.31 bits per heavy atom. The van der Waals surface area contributed by atoms with Gasteiger partial charge in [-0.2, -0.15) is 0 Å². The molecule has 1 saturated carbocycles. The molecule has 1 fully saturated rings. The van der Waals surface area contributed by atoms with Crippen LogP contribution in [-0.4, -0.2) is 15.8 Å². The molecular formula is C10H12N2O. The highest BCUT2D eigenvalue weighted by Gasteiger charge is 2.24. The maximum atomic E-state index is 11.7. The molecule has 1 aliphatic carbocycles. The van der Waals surface area contributed by atoms with E-state index in [1.54, 1.807) is 18.6 Å². The predicted molar refractivity (Wildman–Crippen MR) is 48.3 cm³/mol. The average Bonchev–Trinajstić information content (AvgIpc) is 2.71. The number of ketones is 1. The summed E-state index contributed by atoms with van der Waals surface area (Å²) in [6, 6.07) is 0. The van der Waals surface area contributed by atoms with Gasteiger partial charge in [0.1, 0.15) is 5.69 Å². The van der Waals surface area contributed by atoms with Gasteiger partial charge in [-0.3, -0.25) is 9.78 Å². The minimum atomic E-state index is 0.172. The molecular weight excluding hydrogens is 164 g/mol. The van der Waals surface area contributed by atoms with Crippen molar-refractivity contribution in [3.63, 3.8) is 0 Å². The molecule has 0 unspecified atom stereocenters. The lowest BCUT2D eigenvalue weighted by atomic mass is 10.0. The fourth-order valence-corrected chi connectivity index (χ4v) is 1.82. The third-order valence-corrected chi connectivity index (χ3v) is 2.54. The maximum Gasteiger partial charge on any atom is 0.185 e. The van der Waals surface area contributed by atoms with Crippen LogP contribution in [0.3, 0.4) is 0 Å². The second-order valence-electron chi connectivity index (χ2n) is 3.44. The first-order chi connectivity index (χ1) is 6.38. The molecule has 1 aromatic rings. The summed E-state index contributed by atoms with van der Waals surface area (Å²) in [6.45, 7) is 0. The fraction of sp³-hybridized carbons (Fsp3) is 0.500. The van der Waals surface area contributed by atoms with E-state index < -0.39 is 0 Å². The van der Waals surface area contributed by atoms with Gasteiger partial charge < -0.3 is 0 Å². The van der Waals surface area contributed by atoms with Gasteiger partial charge in [0.05, 0.1) is 6.20 Å². The first-order valence-corrected chi connectivity index (χ1v) is 4.68. The maximum absolute atomic E-state index is 11.7. The summed E-state index contributed by atoms with van der Waals surface area (Å²) in [5, 5.41) is 0. The Balaban J connectivity index is 2.13. The van der Waals surface area contributed by atoms with Gasteiger partial charge >= 0.3 is 0 Å². The van der Waals surface area contributed by atoms with Gasteiger partial charge in [-0.15, -0.1) is 0 Å². The second-order valence-corrected chi connectivity index (χ2v) is 3.44. The number of rotatable bonds is 2. The molecule has 0 saturated heterocycles. The lowest BCUT2D eigenvalue weighted by molar-refractivity contribution is 0.0917. The molecule has 2 rings (SSSR count). The van der Waals surface area contributed by atoms with Crippen LogP contribution in [0.4, 0.5) is 0 Å². The molecule has 0 N–H and O–H groups in total. The minimum Gasteiger partial charge on any atom is -0.292 e. The van der Waals surface area contributed by atoms with E-state index in [9.17, 15) is 4.79 Å². The number of aromatic nitrogens is 2. The van der Waals surface area contributed by atoms with Gasteiger partial charge in [0.15, 0.2) is 5.78 Å². The smallest absolute Gasteiger partial charge is 0.185 e. The molecule has 0 bridgehead atoms. The monoisotopic (exact) mass is 176 g/mol. The largest absolute Gasteiger partial charge is 0.292 e. The van der Waals surface area contributed by atoms with Crippen LogP contribution in [0.15, 0.2) is 18.6 Å². The number of hydrogen-bond donors (Lipinski definition) is 0. The predicted octanol–water partition coefficient (Wildman–Crippen LogP) is 1.85. The van der Waals surface area contributed by atoms with Gasteiger partial charge in [-0.25, -0.2) is 4.98 Å². The molecule has 0 radical (unpaired) electrons. The van der Waals surface area contributed by atoms with Crippen molar-refractivity contribution < 1.29 is 4.79 Å². The molecule has 1 aromatic heterocycles. The van der Waals surface area contributed by atoms with Crippen molar-refractivity contribution in [3.8, 4) is 0 Å². The van der Waals surface area contributed by atoms with Crippen LogP contribution in [0.2, 0.25) is 0 Å². The second kappa shape index (κ2) is 3.64. The van der Waals surface area contributed by atoms with Gasteiger partial charge in [0, 0.05) is 18.3 Å². The van der Waals surface area contributed by atoms with Gasteiger partial charge in [0.2, 0.25) is 0 Å². The number of hydrogen-bond acceptors (Lipinski definition) is 3. The van der Waals surface area contributed by atoms with Crippen LogP contribution in [0.5, 0.6) is 0 Å². The SMILES string of the molecule is O=C(c1cnccn1)C1CCCC1. The standard InChI is InChI=1S/C10H12N2O/c13-10(8-3-1-2-4-8)9-7-11-5-6-12-9/h5-8H,1-4H2. The van der Waals surface area contributed by atoms with Crippen LogP contribution < -0.4 is 0 Å². The Morgan fingerprint density at radius 2 is 2.08 bits per heavy atom. The van der Waals surface area contributed by atoms with Crippen molar-refractivity contribution in [3.05, 3.63) is 24.3 Å². The van der Waals surface area contributed by atoms with E-state index in [0.29, 0.717) is 5.69 Å². The molecule has 0 spiro atoms. The van der Waals surface area contributed by atoms with Gasteiger partial charge in [-0.05, 0) is 12.8 Å². The summed E-state index contributed by atoms with van der Waals surface area (Å²) >= 11 is 0. The Kier molecular flexibility index (Phi) is 2.34. The Morgan fingerprint density at radius 3 is 2.69 bits per heavy atom. The molecule has 3 heteroatoms.